The molecule has 4 heteroatoms. The number of benzene rings is 1. The zero-order valence-corrected chi connectivity index (χ0v) is 9.99. The van der Waals surface area contributed by atoms with E-state index in [1.165, 1.54) is 0 Å². The van der Waals surface area contributed by atoms with Crippen molar-refractivity contribution >= 4 is 11.6 Å². The Morgan fingerprint density at radius 1 is 1.53 bits per heavy atom. The van der Waals surface area contributed by atoms with Crippen molar-refractivity contribution in [2.45, 2.75) is 19.8 Å². The molecule has 0 unspecified atom stereocenters. The average Bonchev–Trinajstić information content (AvgIpc) is 2.36. The van der Waals surface area contributed by atoms with Gasteiger partial charge in [0.05, 0.1) is 11.6 Å². The molecule has 1 aromatic carbocycles. The molecule has 2 rings (SSSR count). The first-order valence-corrected chi connectivity index (χ1v) is 5.98. The second-order valence-electron chi connectivity index (χ2n) is 4.50. The fourth-order valence-electron chi connectivity index (χ4n) is 2.07. The Bertz CT molecular complexity index is 412. The first-order chi connectivity index (χ1) is 8.18. The third kappa shape index (κ3) is 2.77. The molecule has 1 atom stereocenters. The minimum Gasteiger partial charge on any atom is -0.505 e. The molecule has 92 valence electrons. The van der Waals surface area contributed by atoms with Gasteiger partial charge in [0.1, 0.15) is 5.75 Å². The van der Waals surface area contributed by atoms with Crippen LogP contribution in [0.1, 0.15) is 18.4 Å². The Kier molecular flexibility index (Phi) is 3.64. The van der Waals surface area contributed by atoms with Crippen LogP contribution in [-0.2, 0) is 4.79 Å². The monoisotopic (exact) mass is 234 g/mol. The minimum atomic E-state index is -0.0156. The summed E-state index contributed by atoms with van der Waals surface area (Å²) in [6, 6.07) is 5.35. The number of piperidine rings is 1. The van der Waals surface area contributed by atoms with E-state index in [0.717, 1.165) is 31.5 Å². The van der Waals surface area contributed by atoms with Crippen LogP contribution >= 0.6 is 0 Å². The third-order valence-electron chi connectivity index (χ3n) is 3.16. The molecule has 1 aliphatic heterocycles. The van der Waals surface area contributed by atoms with Crippen LogP contribution < -0.4 is 10.6 Å². The third-order valence-corrected chi connectivity index (χ3v) is 3.16. The highest BCUT2D eigenvalue weighted by Crippen LogP contribution is 2.27. The molecule has 1 fully saturated rings. The molecular weight excluding hydrogens is 216 g/mol. The van der Waals surface area contributed by atoms with E-state index in [2.05, 4.69) is 10.6 Å². The van der Waals surface area contributed by atoms with Gasteiger partial charge in [-0.1, -0.05) is 12.1 Å². The zero-order chi connectivity index (χ0) is 12.3. The number of hydrogen-bond donors (Lipinski definition) is 3. The molecule has 1 aromatic rings. The van der Waals surface area contributed by atoms with E-state index in [-0.39, 0.29) is 17.6 Å². The Morgan fingerprint density at radius 3 is 3.06 bits per heavy atom. The molecule has 1 amide bonds. The summed E-state index contributed by atoms with van der Waals surface area (Å²) in [7, 11) is 0. The number of para-hydroxylation sites is 1. The Morgan fingerprint density at radius 2 is 2.35 bits per heavy atom. The van der Waals surface area contributed by atoms with Crippen LogP contribution in [0.2, 0.25) is 0 Å². The maximum atomic E-state index is 12.0. The molecule has 1 aliphatic rings. The van der Waals surface area contributed by atoms with Gasteiger partial charge in [0.25, 0.3) is 0 Å². The standard InChI is InChI=1S/C13H18N2O2/c1-9-4-2-6-11(12(9)16)15-13(17)10-5-3-7-14-8-10/h2,4,6,10,14,16H,3,5,7-8H2,1H3,(H,15,17)/t10-/m1/s1. The number of phenols is 1. The quantitative estimate of drug-likeness (QED) is 0.682. The van der Waals surface area contributed by atoms with Crippen molar-refractivity contribution in [3.8, 4) is 5.75 Å². The van der Waals surface area contributed by atoms with Crippen LogP contribution in [0.25, 0.3) is 0 Å². The van der Waals surface area contributed by atoms with E-state index in [4.69, 9.17) is 0 Å². The number of phenolic OH excluding ortho intramolecular Hbond substituents is 1. The first-order valence-electron chi connectivity index (χ1n) is 5.98. The highest BCUT2D eigenvalue weighted by atomic mass is 16.3. The van der Waals surface area contributed by atoms with Crippen molar-refractivity contribution in [1.29, 1.82) is 0 Å². The summed E-state index contributed by atoms with van der Waals surface area (Å²) >= 11 is 0. The fourth-order valence-corrected chi connectivity index (χ4v) is 2.07. The van der Waals surface area contributed by atoms with Crippen molar-refractivity contribution in [1.82, 2.24) is 5.32 Å². The number of rotatable bonds is 2. The maximum Gasteiger partial charge on any atom is 0.228 e. The number of nitrogens with one attached hydrogen (secondary N) is 2. The highest BCUT2D eigenvalue weighted by Gasteiger charge is 2.21. The van der Waals surface area contributed by atoms with E-state index in [1.54, 1.807) is 6.07 Å². The van der Waals surface area contributed by atoms with Crippen LogP contribution in [0, 0.1) is 12.8 Å². The van der Waals surface area contributed by atoms with Crippen molar-refractivity contribution in [3.63, 3.8) is 0 Å². The number of amides is 1. The number of aryl methyl sites for hydroxylation is 1. The van der Waals surface area contributed by atoms with Gasteiger partial charge >= 0.3 is 0 Å². The number of hydrogen-bond acceptors (Lipinski definition) is 3. The predicted octanol–water partition coefficient (Wildman–Crippen LogP) is 1.64. The van der Waals surface area contributed by atoms with Gasteiger partial charge in [0.15, 0.2) is 0 Å². The lowest BCUT2D eigenvalue weighted by molar-refractivity contribution is -0.120. The maximum absolute atomic E-state index is 12.0. The largest absolute Gasteiger partial charge is 0.505 e. The second kappa shape index (κ2) is 5.19. The van der Waals surface area contributed by atoms with Gasteiger partial charge in [-0.25, -0.2) is 0 Å². The van der Waals surface area contributed by atoms with Crippen LogP contribution in [0.15, 0.2) is 18.2 Å². The van der Waals surface area contributed by atoms with Crippen LogP contribution in [0.4, 0.5) is 5.69 Å². The summed E-state index contributed by atoms with van der Waals surface area (Å²) in [5.41, 5.74) is 1.27. The lowest BCUT2D eigenvalue weighted by Gasteiger charge is -2.22. The van der Waals surface area contributed by atoms with Crippen LogP contribution in [0.3, 0.4) is 0 Å². The molecule has 0 radical (unpaired) electrons. The first kappa shape index (κ1) is 11.9. The molecule has 0 aromatic heterocycles. The van der Waals surface area contributed by atoms with Crippen LogP contribution in [-0.4, -0.2) is 24.1 Å². The number of aromatic hydroxyl groups is 1. The summed E-state index contributed by atoms with van der Waals surface area (Å²) in [6.07, 6.45) is 1.93. The molecule has 1 heterocycles. The molecule has 0 spiro atoms. The van der Waals surface area contributed by atoms with E-state index < -0.39 is 0 Å². The average molecular weight is 234 g/mol. The molecule has 17 heavy (non-hydrogen) atoms. The Balaban J connectivity index is 2.04. The topological polar surface area (TPSA) is 61.4 Å². The molecular formula is C13H18N2O2. The minimum absolute atomic E-state index is 0.00339. The second-order valence-corrected chi connectivity index (χ2v) is 4.50. The Hall–Kier alpha value is -1.55. The highest BCUT2D eigenvalue weighted by molar-refractivity contribution is 5.94. The molecule has 4 nitrogen and oxygen atoms in total. The van der Waals surface area contributed by atoms with Gasteiger partial charge in [0.2, 0.25) is 5.91 Å². The summed E-state index contributed by atoms with van der Waals surface area (Å²) < 4.78 is 0. The molecule has 1 saturated heterocycles. The smallest absolute Gasteiger partial charge is 0.228 e. The normalized spacial score (nSPS) is 19.9. The molecule has 0 bridgehead atoms. The molecule has 0 saturated carbocycles. The van der Waals surface area contributed by atoms with Gasteiger partial charge in [-0.05, 0) is 37.9 Å². The van der Waals surface area contributed by atoms with Gasteiger partial charge in [-0.15, -0.1) is 0 Å². The van der Waals surface area contributed by atoms with Gasteiger partial charge in [0, 0.05) is 6.54 Å². The molecule has 3 N–H and O–H groups in total. The number of carbonyl (C=O) groups is 1. The summed E-state index contributed by atoms with van der Waals surface area (Å²) in [5, 5.41) is 15.8. The van der Waals surface area contributed by atoms with Crippen LogP contribution in [0.5, 0.6) is 5.75 Å². The lowest BCUT2D eigenvalue weighted by atomic mass is 9.98. The lowest BCUT2D eigenvalue weighted by Crippen LogP contribution is -2.37. The summed E-state index contributed by atoms with van der Waals surface area (Å²) in [4.78, 5) is 12.0. The van der Waals surface area contributed by atoms with E-state index >= 15 is 0 Å². The fraction of sp³-hybridized carbons (Fsp3) is 0.462. The SMILES string of the molecule is Cc1cccc(NC(=O)[C@@H]2CCCNC2)c1O. The van der Waals surface area contributed by atoms with E-state index in [1.807, 2.05) is 19.1 Å². The van der Waals surface area contributed by atoms with Gasteiger partial charge in [-0.3, -0.25) is 4.79 Å². The van der Waals surface area contributed by atoms with Gasteiger partial charge < -0.3 is 15.7 Å². The van der Waals surface area contributed by atoms with Crippen molar-refractivity contribution in [2.24, 2.45) is 5.92 Å². The number of carbonyl (C=O) groups excluding carboxylic acids is 1. The van der Waals surface area contributed by atoms with Crippen molar-refractivity contribution < 1.29 is 9.90 Å². The zero-order valence-electron chi connectivity index (χ0n) is 9.99. The Labute approximate surface area is 101 Å². The van der Waals surface area contributed by atoms with Crippen molar-refractivity contribution in [2.75, 3.05) is 18.4 Å². The van der Waals surface area contributed by atoms with Gasteiger partial charge in [-0.2, -0.15) is 0 Å². The van der Waals surface area contributed by atoms with E-state index in [0.29, 0.717) is 5.69 Å². The van der Waals surface area contributed by atoms with Crippen molar-refractivity contribution in [3.05, 3.63) is 23.8 Å². The van der Waals surface area contributed by atoms with E-state index in [9.17, 15) is 9.90 Å². The summed E-state index contributed by atoms with van der Waals surface area (Å²) in [6.45, 7) is 3.52. The summed E-state index contributed by atoms with van der Waals surface area (Å²) in [5.74, 6) is 0.145. The number of anilines is 1. The predicted molar refractivity (Wildman–Crippen MR) is 67.1 cm³/mol. The molecule has 0 aliphatic carbocycles.